The van der Waals surface area contributed by atoms with Crippen LogP contribution >= 0.6 is 0 Å². The number of carboxylic acids is 1. The minimum absolute atomic E-state index is 0.0344. The third kappa shape index (κ3) is 3.02. The highest BCUT2D eigenvalue weighted by atomic mass is 16.4. The van der Waals surface area contributed by atoms with Crippen LogP contribution in [-0.4, -0.2) is 40.9 Å². The second kappa shape index (κ2) is 5.26. The topological polar surface area (TPSA) is 57.6 Å². The molecule has 0 aromatic rings. The van der Waals surface area contributed by atoms with Gasteiger partial charge in [0, 0.05) is 12.5 Å². The quantitative estimate of drug-likeness (QED) is 0.761. The van der Waals surface area contributed by atoms with Crippen molar-refractivity contribution in [3.05, 3.63) is 0 Å². The van der Waals surface area contributed by atoms with E-state index < -0.39 is 12.0 Å². The summed E-state index contributed by atoms with van der Waals surface area (Å²) in [4.78, 5) is 24.2. The third-order valence-corrected chi connectivity index (χ3v) is 3.14. The molecule has 4 heteroatoms. The highest BCUT2D eigenvalue weighted by Gasteiger charge is 2.30. The Labute approximate surface area is 90.3 Å². The molecule has 1 heterocycles. The van der Waals surface area contributed by atoms with Crippen molar-refractivity contribution in [3.63, 3.8) is 0 Å². The summed E-state index contributed by atoms with van der Waals surface area (Å²) in [5, 5.41) is 9.02. The van der Waals surface area contributed by atoms with Gasteiger partial charge in [0.25, 0.3) is 0 Å². The van der Waals surface area contributed by atoms with Gasteiger partial charge >= 0.3 is 5.97 Å². The van der Waals surface area contributed by atoms with Crippen LogP contribution in [0.4, 0.5) is 0 Å². The fraction of sp³-hybridized carbons (Fsp3) is 0.818. The zero-order valence-electron chi connectivity index (χ0n) is 9.40. The van der Waals surface area contributed by atoms with Gasteiger partial charge in [-0.05, 0) is 32.7 Å². The number of hydrogen-bond acceptors (Lipinski definition) is 3. The molecule has 86 valence electrons. The number of carboxylic acid groups (broad SMARTS) is 1. The summed E-state index contributed by atoms with van der Waals surface area (Å²) in [6, 6.07) is -0.424. The first-order valence-electron chi connectivity index (χ1n) is 5.53. The van der Waals surface area contributed by atoms with E-state index in [0.717, 1.165) is 19.4 Å². The summed E-state index contributed by atoms with van der Waals surface area (Å²) in [6.45, 7) is 4.88. The van der Waals surface area contributed by atoms with E-state index in [9.17, 15) is 9.59 Å². The van der Waals surface area contributed by atoms with E-state index in [1.54, 1.807) is 6.92 Å². The lowest BCUT2D eigenvalue weighted by atomic mass is 9.93. The van der Waals surface area contributed by atoms with Crippen LogP contribution in [0.1, 0.15) is 33.1 Å². The molecular weight excluding hydrogens is 194 g/mol. The molecule has 0 aromatic carbocycles. The lowest BCUT2D eigenvalue weighted by molar-refractivity contribution is -0.145. The first-order valence-corrected chi connectivity index (χ1v) is 5.53. The summed E-state index contributed by atoms with van der Waals surface area (Å²) in [5.74, 6) is -0.561. The van der Waals surface area contributed by atoms with Gasteiger partial charge in [0.05, 0.1) is 0 Å². The molecule has 15 heavy (non-hydrogen) atoms. The molecule has 0 amide bonds. The Morgan fingerprint density at radius 1 is 1.53 bits per heavy atom. The van der Waals surface area contributed by atoms with Gasteiger partial charge in [-0.2, -0.15) is 0 Å². The number of aliphatic carboxylic acids is 1. The summed E-state index contributed by atoms with van der Waals surface area (Å²) < 4.78 is 0. The normalized spacial score (nSPS) is 24.8. The number of likely N-dealkylation sites (tertiary alicyclic amines) is 1. The van der Waals surface area contributed by atoms with Gasteiger partial charge in [-0.15, -0.1) is 0 Å². The first-order chi connectivity index (χ1) is 7.06. The Kier molecular flexibility index (Phi) is 4.27. The molecule has 1 rings (SSSR count). The second-order valence-electron chi connectivity index (χ2n) is 4.21. The molecule has 0 aromatic heterocycles. The van der Waals surface area contributed by atoms with E-state index in [4.69, 9.17) is 5.11 Å². The lowest BCUT2D eigenvalue weighted by Crippen LogP contribution is -2.47. The van der Waals surface area contributed by atoms with Crippen molar-refractivity contribution in [3.8, 4) is 0 Å². The average molecular weight is 213 g/mol. The van der Waals surface area contributed by atoms with Crippen LogP contribution in [0.5, 0.6) is 0 Å². The van der Waals surface area contributed by atoms with Crippen LogP contribution in [0.2, 0.25) is 0 Å². The largest absolute Gasteiger partial charge is 0.480 e. The molecule has 0 bridgehead atoms. The number of carbonyl (C=O) groups excluding carboxylic acids is 1. The number of ketones is 1. The number of nitrogens with zero attached hydrogens (tertiary/aromatic N) is 1. The van der Waals surface area contributed by atoms with Crippen molar-refractivity contribution in [1.82, 2.24) is 4.90 Å². The van der Waals surface area contributed by atoms with E-state index in [2.05, 4.69) is 0 Å². The predicted molar refractivity (Wildman–Crippen MR) is 56.7 cm³/mol. The molecule has 0 saturated carbocycles. The van der Waals surface area contributed by atoms with Crippen LogP contribution < -0.4 is 0 Å². The van der Waals surface area contributed by atoms with Gasteiger partial charge in [-0.25, -0.2) is 0 Å². The zero-order chi connectivity index (χ0) is 11.4. The zero-order valence-corrected chi connectivity index (χ0v) is 9.40. The SMILES string of the molecule is CCC(C(=O)O)N1CCCC(C(C)=O)C1. The average Bonchev–Trinajstić information content (AvgIpc) is 2.18. The molecule has 1 aliphatic rings. The van der Waals surface area contributed by atoms with Crippen molar-refractivity contribution >= 4 is 11.8 Å². The van der Waals surface area contributed by atoms with Gasteiger partial charge < -0.3 is 5.11 Å². The van der Waals surface area contributed by atoms with E-state index in [1.165, 1.54) is 0 Å². The second-order valence-corrected chi connectivity index (χ2v) is 4.21. The summed E-state index contributed by atoms with van der Waals surface area (Å²) in [7, 11) is 0. The van der Waals surface area contributed by atoms with Crippen LogP contribution in [0.3, 0.4) is 0 Å². The van der Waals surface area contributed by atoms with Gasteiger partial charge in [0.15, 0.2) is 0 Å². The van der Waals surface area contributed by atoms with Gasteiger partial charge in [-0.3, -0.25) is 14.5 Å². The molecule has 4 nitrogen and oxygen atoms in total. The van der Waals surface area contributed by atoms with Gasteiger partial charge in [0.1, 0.15) is 11.8 Å². The maximum Gasteiger partial charge on any atom is 0.320 e. The minimum Gasteiger partial charge on any atom is -0.480 e. The van der Waals surface area contributed by atoms with Crippen LogP contribution in [-0.2, 0) is 9.59 Å². The van der Waals surface area contributed by atoms with Crippen LogP contribution in [0.15, 0.2) is 0 Å². The van der Waals surface area contributed by atoms with Crippen molar-refractivity contribution in [2.24, 2.45) is 5.92 Å². The molecule has 1 N–H and O–H groups in total. The summed E-state index contributed by atoms with van der Waals surface area (Å²) in [6.07, 6.45) is 2.43. The van der Waals surface area contributed by atoms with Crippen LogP contribution in [0.25, 0.3) is 0 Å². The Morgan fingerprint density at radius 2 is 2.20 bits per heavy atom. The van der Waals surface area contributed by atoms with Crippen molar-refractivity contribution in [2.75, 3.05) is 13.1 Å². The fourth-order valence-electron chi connectivity index (χ4n) is 2.21. The monoisotopic (exact) mass is 213 g/mol. The maximum atomic E-state index is 11.3. The standard InChI is InChI=1S/C11H19NO3/c1-3-10(11(14)15)12-6-4-5-9(7-12)8(2)13/h9-10H,3-7H2,1-2H3,(H,14,15). The molecule has 0 aliphatic carbocycles. The maximum absolute atomic E-state index is 11.3. The molecule has 0 radical (unpaired) electrons. The summed E-state index contributed by atoms with van der Waals surface area (Å²) >= 11 is 0. The van der Waals surface area contributed by atoms with Crippen molar-refractivity contribution < 1.29 is 14.7 Å². The van der Waals surface area contributed by atoms with Crippen LogP contribution in [0, 0.1) is 5.92 Å². The Hall–Kier alpha value is -0.900. The molecular formula is C11H19NO3. The molecule has 1 aliphatic heterocycles. The number of Topliss-reactive ketones (excluding diaryl/α,β-unsaturated/α-hetero) is 1. The van der Waals surface area contributed by atoms with Gasteiger partial charge in [0.2, 0.25) is 0 Å². The predicted octanol–water partition coefficient (Wildman–Crippen LogP) is 1.15. The number of piperidine rings is 1. The number of hydrogen-bond donors (Lipinski definition) is 1. The third-order valence-electron chi connectivity index (χ3n) is 3.14. The molecule has 0 spiro atoms. The van der Waals surface area contributed by atoms with E-state index in [-0.39, 0.29) is 11.7 Å². The highest BCUT2D eigenvalue weighted by Crippen LogP contribution is 2.20. The smallest absolute Gasteiger partial charge is 0.320 e. The number of carbonyl (C=O) groups is 2. The molecule has 2 unspecified atom stereocenters. The lowest BCUT2D eigenvalue weighted by Gasteiger charge is -2.35. The fourth-order valence-corrected chi connectivity index (χ4v) is 2.21. The molecule has 1 saturated heterocycles. The molecule has 2 atom stereocenters. The van der Waals surface area contributed by atoms with E-state index in [0.29, 0.717) is 13.0 Å². The Balaban J connectivity index is 2.62. The van der Waals surface area contributed by atoms with E-state index in [1.807, 2.05) is 11.8 Å². The highest BCUT2D eigenvalue weighted by molar-refractivity contribution is 5.79. The van der Waals surface area contributed by atoms with Crippen molar-refractivity contribution in [2.45, 2.75) is 39.2 Å². The Bertz CT molecular complexity index is 252. The Morgan fingerprint density at radius 3 is 2.67 bits per heavy atom. The number of rotatable bonds is 4. The van der Waals surface area contributed by atoms with Crippen molar-refractivity contribution in [1.29, 1.82) is 0 Å². The first kappa shape index (κ1) is 12.2. The van der Waals surface area contributed by atoms with E-state index >= 15 is 0 Å². The molecule has 1 fully saturated rings. The summed E-state index contributed by atoms with van der Waals surface area (Å²) in [5.41, 5.74) is 0. The van der Waals surface area contributed by atoms with Gasteiger partial charge in [-0.1, -0.05) is 6.92 Å². The minimum atomic E-state index is -0.776.